The van der Waals surface area contributed by atoms with Gasteiger partial charge in [-0.25, -0.2) is 4.99 Å². The van der Waals surface area contributed by atoms with Crippen LogP contribution in [0.2, 0.25) is 0 Å². The third kappa shape index (κ3) is 8.16. The average molecular weight is 833 g/mol. The van der Waals surface area contributed by atoms with Crippen LogP contribution in [0, 0.1) is 36.5 Å². The van der Waals surface area contributed by atoms with Gasteiger partial charge in [-0.05, 0) is 25.8 Å². The molecule has 15 nitrogen and oxygen atoms in total. The number of ketones is 1. The third-order valence-corrected chi connectivity index (χ3v) is 12.7. The van der Waals surface area contributed by atoms with Crippen LogP contribution in [0.15, 0.2) is 46.1 Å². The normalized spacial score (nSPS) is 33.0. The fourth-order valence-corrected chi connectivity index (χ4v) is 8.96. The maximum absolute atomic E-state index is 14.6. The largest absolute Gasteiger partial charge is 0.507 e. The Labute approximate surface area is 350 Å². The molecule has 9 atom stereocenters. The maximum atomic E-state index is 14.6. The summed E-state index contributed by atoms with van der Waals surface area (Å²) in [5, 5.41) is 61.5. The molecule has 1 saturated heterocycles. The second-order valence-electron chi connectivity index (χ2n) is 17.8. The minimum absolute atomic E-state index is 0.0189. The number of aliphatic hydroxyl groups is 3. The van der Waals surface area contributed by atoms with Gasteiger partial charge in [-0.3, -0.25) is 19.4 Å². The van der Waals surface area contributed by atoms with Gasteiger partial charge >= 0.3 is 11.8 Å². The lowest BCUT2D eigenvalue weighted by Crippen LogP contribution is -2.47. The predicted octanol–water partition coefficient (Wildman–Crippen LogP) is 4.10. The van der Waals surface area contributed by atoms with E-state index >= 15 is 0 Å². The second kappa shape index (κ2) is 16.9. The number of hydrogen-bond donors (Lipinski definition) is 6. The molecule has 1 amide bonds. The van der Waals surface area contributed by atoms with E-state index in [0.29, 0.717) is 37.5 Å². The number of rotatable bonds is 3. The zero-order valence-corrected chi connectivity index (χ0v) is 36.1. The number of phenols is 2. The van der Waals surface area contributed by atoms with Gasteiger partial charge in [0.25, 0.3) is 11.7 Å². The number of nitrogens with one attached hydrogen (secondary N) is 1. The summed E-state index contributed by atoms with van der Waals surface area (Å²) >= 11 is 0. The summed E-state index contributed by atoms with van der Waals surface area (Å²) in [7, 11) is 0. The molecule has 5 aliphatic rings. The van der Waals surface area contributed by atoms with Crippen molar-refractivity contribution < 1.29 is 54.1 Å². The van der Waals surface area contributed by atoms with Gasteiger partial charge in [-0.2, -0.15) is 0 Å². The van der Waals surface area contributed by atoms with Crippen LogP contribution in [-0.2, 0) is 19.1 Å². The summed E-state index contributed by atoms with van der Waals surface area (Å²) < 4.78 is 17.8. The Morgan fingerprint density at radius 1 is 0.967 bits per heavy atom. The van der Waals surface area contributed by atoms with Gasteiger partial charge in [-0.1, -0.05) is 59.8 Å². The number of likely N-dealkylation sites (tertiary alicyclic amines) is 1. The fraction of sp³-hybridized carbons (Fsp3) is 0.578. The molecule has 0 saturated carbocycles. The molecular formula is C45H60N4O11. The van der Waals surface area contributed by atoms with Crippen LogP contribution in [-0.4, -0.2) is 104 Å². The fourth-order valence-electron chi connectivity index (χ4n) is 8.96. The van der Waals surface area contributed by atoms with Gasteiger partial charge in [0.15, 0.2) is 5.75 Å². The summed E-state index contributed by atoms with van der Waals surface area (Å²) in [4.78, 5) is 52.6. The molecule has 1 spiro atoms. The molecule has 0 radical (unpaired) electrons. The van der Waals surface area contributed by atoms with Gasteiger partial charge in [0.1, 0.15) is 34.0 Å². The van der Waals surface area contributed by atoms with Crippen LogP contribution in [0.1, 0.15) is 91.1 Å². The van der Waals surface area contributed by atoms with Crippen molar-refractivity contribution in [3.63, 3.8) is 0 Å². The SMILES string of the molecule is CC(=O)O[C@H]1[C@H](C)[C@H](O)[C@H](C)[C@@H](O)[C@@H](C)/C=C\C=C(\C)C(=O)N=c2c(O)c3c(O)c(C)c4c(c3c3c2=NC2(CCN(CC(C)C)CC2)N3)C(=O)[C@@](C)(O/C=C\[C@H](O)[C@H]1C)O4. The quantitative estimate of drug-likeness (QED) is 0.190. The van der Waals surface area contributed by atoms with Gasteiger partial charge < -0.3 is 50.0 Å². The van der Waals surface area contributed by atoms with Gasteiger partial charge in [0.05, 0.1) is 41.2 Å². The van der Waals surface area contributed by atoms with Crippen LogP contribution in [0.5, 0.6) is 17.2 Å². The Bertz CT molecular complexity index is 2280. The number of piperidine rings is 1. The van der Waals surface area contributed by atoms with Crippen molar-refractivity contribution >= 4 is 34.1 Å². The van der Waals surface area contributed by atoms with Gasteiger partial charge in [0, 0.05) is 86.5 Å². The standard InChI is InChI=1S/C45H60N4O11/c1-21(2)20-49-17-15-45(16-18-49)47-33-30-31-38(54)27(8)41-32(30)42(56)44(10,60-41)58-19-14-29(51)24(5)40(59-28(9)50)26(7)37(53)25(6)36(52)22(3)12-11-13-23(4)43(57)46-35(39(31)55)34(33)48-45/h11-14,19,21-22,24-26,29,36-37,40,47,51-55H,15-18,20H2,1-10H3/b12-11-,19-14-,23-13-,46-35?/t22-,24+,25+,26+,29-,36-,37+,40+,44-/m0/s1. The zero-order chi connectivity index (χ0) is 44.2. The Morgan fingerprint density at radius 3 is 2.27 bits per heavy atom. The Kier molecular flexibility index (Phi) is 12.6. The van der Waals surface area contributed by atoms with Crippen molar-refractivity contribution in [2.45, 2.75) is 118 Å². The number of aromatic hydroxyl groups is 2. The number of allylic oxidation sites excluding steroid dienone is 2. The van der Waals surface area contributed by atoms with E-state index < -0.39 is 88.7 Å². The highest BCUT2D eigenvalue weighted by Crippen LogP contribution is 2.51. The highest BCUT2D eigenvalue weighted by molar-refractivity contribution is 6.21. The first-order valence-electron chi connectivity index (χ1n) is 20.8. The molecule has 2 aromatic carbocycles. The number of nitrogens with zero attached hydrogens (tertiary/aromatic N) is 3. The summed E-state index contributed by atoms with van der Waals surface area (Å²) in [6.07, 6.45) is 3.78. The van der Waals surface area contributed by atoms with E-state index in [-0.39, 0.29) is 43.9 Å². The van der Waals surface area contributed by atoms with Crippen molar-refractivity contribution in [3.8, 4) is 17.2 Å². The van der Waals surface area contributed by atoms with Crippen LogP contribution in [0.4, 0.5) is 5.69 Å². The highest BCUT2D eigenvalue weighted by atomic mass is 16.7. The van der Waals surface area contributed by atoms with Crippen molar-refractivity contribution in [2.24, 2.45) is 39.6 Å². The number of hydrogen-bond acceptors (Lipinski definition) is 14. The molecule has 0 unspecified atom stereocenters. The molecule has 5 heterocycles. The number of amides is 1. The van der Waals surface area contributed by atoms with Gasteiger partial charge in [-0.15, -0.1) is 0 Å². The minimum atomic E-state index is -2.01. The zero-order valence-electron chi connectivity index (χ0n) is 36.1. The Balaban J connectivity index is 1.54. The lowest BCUT2D eigenvalue weighted by atomic mass is 9.78. The van der Waals surface area contributed by atoms with E-state index in [1.165, 1.54) is 32.9 Å². The van der Waals surface area contributed by atoms with Crippen LogP contribution < -0.4 is 20.8 Å². The summed E-state index contributed by atoms with van der Waals surface area (Å²) in [5.41, 5.74) is -0.222. The number of benzene rings is 2. The van der Waals surface area contributed by atoms with Gasteiger partial charge in [0.2, 0.25) is 0 Å². The molecule has 1 fully saturated rings. The number of aliphatic hydroxyl groups excluding tert-OH is 3. The summed E-state index contributed by atoms with van der Waals surface area (Å²) in [5.74, 6) is -7.21. The lowest BCUT2D eigenvalue weighted by Gasteiger charge is -2.38. The van der Waals surface area contributed by atoms with Crippen molar-refractivity contribution in [2.75, 3.05) is 25.0 Å². The monoisotopic (exact) mass is 832 g/mol. The molecule has 15 heteroatoms. The molecule has 7 rings (SSSR count). The van der Waals surface area contributed by atoms with E-state index in [9.17, 15) is 39.9 Å². The predicted molar refractivity (Wildman–Crippen MR) is 223 cm³/mol. The minimum Gasteiger partial charge on any atom is -0.507 e. The highest BCUT2D eigenvalue weighted by Gasteiger charge is 2.50. The molecule has 0 aromatic heterocycles. The number of anilines is 1. The number of esters is 1. The number of phenolic OH excluding ortho intramolecular Hbond substituents is 2. The molecule has 5 aliphatic heterocycles. The van der Waals surface area contributed by atoms with Crippen molar-refractivity contribution in [1.29, 1.82) is 0 Å². The van der Waals surface area contributed by atoms with E-state index in [2.05, 4.69) is 29.1 Å². The number of carbonyl (C=O) groups is 3. The molecule has 0 aliphatic carbocycles. The van der Waals surface area contributed by atoms with Crippen molar-refractivity contribution in [3.05, 3.63) is 58.0 Å². The smallest absolute Gasteiger partial charge is 0.312 e. The molecule has 5 bridgehead atoms. The van der Waals surface area contributed by atoms with Crippen molar-refractivity contribution in [1.82, 2.24) is 4.90 Å². The molecular weight excluding hydrogens is 773 g/mol. The summed E-state index contributed by atoms with van der Waals surface area (Å²) in [6, 6.07) is 0. The van der Waals surface area contributed by atoms with E-state index in [1.807, 2.05) is 0 Å². The van der Waals surface area contributed by atoms with E-state index in [1.54, 1.807) is 46.8 Å². The number of carbonyl (C=O) groups excluding carboxylic acids is 3. The number of ether oxygens (including phenoxy) is 3. The first kappa shape index (κ1) is 44.7. The molecule has 326 valence electrons. The van der Waals surface area contributed by atoms with Crippen LogP contribution in [0.25, 0.3) is 10.8 Å². The number of fused-ring (bicyclic) bond motifs is 13. The van der Waals surface area contributed by atoms with Crippen LogP contribution in [0.3, 0.4) is 0 Å². The van der Waals surface area contributed by atoms with Crippen LogP contribution >= 0.6 is 0 Å². The average Bonchev–Trinajstić information content (AvgIpc) is 3.69. The topological polar surface area (TPSA) is 220 Å². The molecule has 60 heavy (non-hydrogen) atoms. The lowest BCUT2D eigenvalue weighted by molar-refractivity contribution is -0.159. The Morgan fingerprint density at radius 2 is 1.63 bits per heavy atom. The molecule has 6 N–H and O–H groups in total. The van der Waals surface area contributed by atoms with E-state index in [0.717, 1.165) is 12.8 Å². The first-order chi connectivity index (χ1) is 28.1. The summed E-state index contributed by atoms with van der Waals surface area (Å²) in [6.45, 7) is 19.1. The van der Waals surface area contributed by atoms with E-state index in [4.69, 9.17) is 19.2 Å². The third-order valence-electron chi connectivity index (χ3n) is 12.7. The Hall–Kier alpha value is -4.83. The number of Topliss-reactive ketones (excluding diaryl/α,β-unsaturated/α-hetero) is 1. The maximum Gasteiger partial charge on any atom is 0.312 e. The molecule has 2 aromatic rings. The first-order valence-corrected chi connectivity index (χ1v) is 20.8. The second-order valence-corrected chi connectivity index (χ2v) is 17.8.